The number of aryl methyl sites for hydroxylation is 1. The smallest absolute Gasteiger partial charge is 0.256 e. The van der Waals surface area contributed by atoms with Crippen molar-refractivity contribution in [1.29, 1.82) is 0 Å². The van der Waals surface area contributed by atoms with E-state index < -0.39 is 27.8 Å². The number of sulfonamides is 1. The van der Waals surface area contributed by atoms with E-state index in [9.17, 15) is 18.0 Å². The van der Waals surface area contributed by atoms with Gasteiger partial charge in [0.05, 0.1) is 17.4 Å². The highest BCUT2D eigenvalue weighted by Gasteiger charge is 2.41. The molecule has 0 spiro atoms. The van der Waals surface area contributed by atoms with Crippen molar-refractivity contribution in [1.82, 2.24) is 5.16 Å². The molecule has 0 saturated carbocycles. The molecule has 1 aromatic carbocycles. The van der Waals surface area contributed by atoms with Gasteiger partial charge in [0.25, 0.3) is 5.91 Å². The van der Waals surface area contributed by atoms with Crippen LogP contribution in [0.3, 0.4) is 0 Å². The topological polar surface area (TPSA) is 110 Å². The first-order chi connectivity index (χ1) is 11.3. The summed E-state index contributed by atoms with van der Waals surface area (Å²) >= 11 is 0. The lowest BCUT2D eigenvalue weighted by Gasteiger charge is -2.15. The van der Waals surface area contributed by atoms with Gasteiger partial charge in [0, 0.05) is 11.6 Å². The van der Waals surface area contributed by atoms with Gasteiger partial charge < -0.3 is 9.84 Å². The number of nitrogens with one attached hydrogen (secondary N) is 1. The number of hydrogen-bond acceptors (Lipinski definition) is 6. The second-order valence-electron chi connectivity index (χ2n) is 5.61. The molecule has 1 aliphatic rings. The molecule has 2 aromatic rings. The summed E-state index contributed by atoms with van der Waals surface area (Å²) in [4.78, 5) is 24.1. The molecular weight excluding hydrogens is 334 g/mol. The molecule has 1 aliphatic heterocycles. The largest absolute Gasteiger partial charge is 0.360 e. The van der Waals surface area contributed by atoms with Gasteiger partial charge in [-0.3, -0.25) is 9.59 Å². The van der Waals surface area contributed by atoms with Crippen LogP contribution in [0, 0.1) is 12.8 Å². The van der Waals surface area contributed by atoms with Crippen molar-refractivity contribution in [2.24, 2.45) is 5.92 Å². The Morgan fingerprint density at radius 1 is 1.33 bits per heavy atom. The van der Waals surface area contributed by atoms with Crippen LogP contribution in [-0.2, 0) is 14.8 Å². The van der Waals surface area contributed by atoms with Crippen LogP contribution in [0.25, 0.3) is 0 Å². The van der Waals surface area contributed by atoms with Crippen LogP contribution < -0.4 is 9.62 Å². The Balaban J connectivity index is 1.81. The van der Waals surface area contributed by atoms with Crippen LogP contribution in [0.2, 0.25) is 0 Å². The van der Waals surface area contributed by atoms with Crippen LogP contribution in [0.4, 0.5) is 11.5 Å². The molecule has 0 aliphatic carbocycles. The molecule has 3 rings (SSSR count). The Morgan fingerprint density at radius 3 is 2.50 bits per heavy atom. The zero-order valence-electron chi connectivity index (χ0n) is 13.0. The minimum absolute atomic E-state index is 0.209. The molecule has 1 unspecified atom stereocenters. The summed E-state index contributed by atoms with van der Waals surface area (Å²) in [5.74, 6) is -0.822. The third kappa shape index (κ3) is 2.90. The van der Waals surface area contributed by atoms with Gasteiger partial charge in [0.1, 0.15) is 5.76 Å². The Labute approximate surface area is 138 Å². The van der Waals surface area contributed by atoms with Crippen LogP contribution in [0.1, 0.15) is 23.0 Å². The lowest BCUT2D eigenvalue weighted by molar-refractivity contribution is -0.119. The predicted molar refractivity (Wildman–Crippen MR) is 86.1 cm³/mol. The highest BCUT2D eigenvalue weighted by atomic mass is 32.2. The van der Waals surface area contributed by atoms with Crippen LogP contribution >= 0.6 is 0 Å². The quantitative estimate of drug-likeness (QED) is 0.900. The molecule has 1 atom stereocenters. The second-order valence-corrected chi connectivity index (χ2v) is 7.47. The molecule has 126 valence electrons. The normalized spacial score (nSPS) is 19.5. The van der Waals surface area contributed by atoms with Crippen molar-refractivity contribution in [3.8, 4) is 0 Å². The highest BCUT2D eigenvalue weighted by molar-refractivity contribution is 7.94. The Kier molecular flexibility index (Phi) is 3.88. The van der Waals surface area contributed by atoms with Crippen molar-refractivity contribution >= 4 is 33.3 Å². The van der Waals surface area contributed by atoms with Crippen molar-refractivity contribution in [2.45, 2.75) is 13.8 Å². The molecule has 24 heavy (non-hydrogen) atoms. The summed E-state index contributed by atoms with van der Waals surface area (Å²) in [6, 6.07) is 7.32. The average Bonchev–Trinajstić information content (AvgIpc) is 3.00. The zero-order chi connectivity index (χ0) is 17.5. The number of carbonyl (C=O) groups excluding carboxylic acids is 2. The van der Waals surface area contributed by atoms with Crippen LogP contribution in [0.15, 0.2) is 34.9 Å². The molecule has 9 heteroatoms. The van der Waals surface area contributed by atoms with Crippen LogP contribution in [-0.4, -0.2) is 31.1 Å². The van der Waals surface area contributed by atoms with Crippen molar-refractivity contribution < 1.29 is 22.5 Å². The first-order valence-electron chi connectivity index (χ1n) is 7.19. The number of rotatable bonds is 3. The fourth-order valence-corrected chi connectivity index (χ4v) is 4.27. The summed E-state index contributed by atoms with van der Waals surface area (Å²) in [5.41, 5.74) is 0.523. The van der Waals surface area contributed by atoms with E-state index in [1.165, 1.54) is 24.3 Å². The summed E-state index contributed by atoms with van der Waals surface area (Å²) in [6.45, 7) is 3.27. The van der Waals surface area contributed by atoms with Gasteiger partial charge in [-0.15, -0.1) is 0 Å². The molecule has 1 fully saturated rings. The lowest BCUT2D eigenvalue weighted by atomic mass is 10.1. The number of nitrogens with zero attached hydrogens (tertiary/aromatic N) is 2. The maximum Gasteiger partial charge on any atom is 0.256 e. The summed E-state index contributed by atoms with van der Waals surface area (Å²) in [7, 11) is -3.66. The number of benzene rings is 1. The third-order valence-electron chi connectivity index (χ3n) is 3.59. The standard InChI is InChI=1S/C15H15N3O5S/c1-9-8-24(21,22)18(15(9)20)12-5-3-11(4-6-12)14(19)16-13-7-10(2)23-17-13/h3-7,9H,8H2,1-2H3,(H,16,17,19). The summed E-state index contributed by atoms with van der Waals surface area (Å²) < 4.78 is 29.8. The van der Waals surface area contributed by atoms with Gasteiger partial charge in [-0.1, -0.05) is 12.1 Å². The second kappa shape index (κ2) is 5.75. The van der Waals surface area contributed by atoms with Gasteiger partial charge in [-0.25, -0.2) is 12.7 Å². The van der Waals surface area contributed by atoms with E-state index in [2.05, 4.69) is 10.5 Å². The van der Waals surface area contributed by atoms with E-state index in [0.29, 0.717) is 11.3 Å². The number of amides is 2. The first kappa shape index (κ1) is 16.2. The molecular formula is C15H15N3O5S. The zero-order valence-corrected chi connectivity index (χ0v) is 13.8. The molecule has 1 saturated heterocycles. The predicted octanol–water partition coefficient (Wildman–Crippen LogP) is 1.55. The minimum Gasteiger partial charge on any atom is -0.360 e. The highest BCUT2D eigenvalue weighted by Crippen LogP contribution is 2.28. The van der Waals surface area contributed by atoms with Gasteiger partial charge in [-0.2, -0.15) is 0 Å². The van der Waals surface area contributed by atoms with E-state index >= 15 is 0 Å². The van der Waals surface area contributed by atoms with E-state index in [4.69, 9.17) is 4.52 Å². The maximum absolute atomic E-state index is 12.1. The number of hydrogen-bond donors (Lipinski definition) is 1. The lowest BCUT2D eigenvalue weighted by Crippen LogP contribution is -2.30. The molecule has 0 bridgehead atoms. The SMILES string of the molecule is Cc1cc(NC(=O)c2ccc(N3C(=O)C(C)CS3(=O)=O)cc2)no1. The van der Waals surface area contributed by atoms with Gasteiger partial charge in [0.15, 0.2) is 5.82 Å². The van der Waals surface area contributed by atoms with Crippen molar-refractivity contribution in [3.05, 3.63) is 41.7 Å². The molecule has 1 N–H and O–H groups in total. The molecule has 1 aromatic heterocycles. The Hall–Kier alpha value is -2.68. The minimum atomic E-state index is -3.66. The number of aromatic nitrogens is 1. The number of carbonyl (C=O) groups is 2. The molecule has 2 amide bonds. The third-order valence-corrected chi connectivity index (χ3v) is 5.46. The Bertz CT molecular complexity index is 901. The Morgan fingerprint density at radius 2 is 2.00 bits per heavy atom. The maximum atomic E-state index is 12.1. The number of anilines is 2. The monoisotopic (exact) mass is 349 g/mol. The van der Waals surface area contributed by atoms with Gasteiger partial charge in [-0.05, 0) is 31.2 Å². The molecule has 0 radical (unpaired) electrons. The first-order valence-corrected chi connectivity index (χ1v) is 8.80. The average molecular weight is 349 g/mol. The van der Waals surface area contributed by atoms with Crippen molar-refractivity contribution in [3.63, 3.8) is 0 Å². The molecule has 8 nitrogen and oxygen atoms in total. The van der Waals surface area contributed by atoms with E-state index in [0.717, 1.165) is 4.31 Å². The molecule has 2 heterocycles. The van der Waals surface area contributed by atoms with Crippen LogP contribution in [0.5, 0.6) is 0 Å². The fourth-order valence-electron chi connectivity index (χ4n) is 2.45. The fraction of sp³-hybridized carbons (Fsp3) is 0.267. The summed E-state index contributed by atoms with van der Waals surface area (Å²) in [6.07, 6.45) is 0. The van der Waals surface area contributed by atoms with Crippen molar-refractivity contribution in [2.75, 3.05) is 15.4 Å². The van der Waals surface area contributed by atoms with Gasteiger partial charge >= 0.3 is 0 Å². The van der Waals surface area contributed by atoms with E-state index in [-0.39, 0.29) is 17.3 Å². The van der Waals surface area contributed by atoms with Gasteiger partial charge in [0.2, 0.25) is 15.9 Å². The van der Waals surface area contributed by atoms with E-state index in [1.54, 1.807) is 19.9 Å². The van der Waals surface area contributed by atoms with E-state index in [1.807, 2.05) is 0 Å². The summed E-state index contributed by atoms with van der Waals surface area (Å²) in [5, 5.41) is 6.22.